The minimum atomic E-state index is 0.554. The maximum Gasteiger partial charge on any atom is 0.140 e. The van der Waals surface area contributed by atoms with Crippen molar-refractivity contribution in [1.82, 2.24) is 9.97 Å². The number of thioether (sulfide) groups is 1. The van der Waals surface area contributed by atoms with E-state index in [0.717, 1.165) is 34.8 Å². The van der Waals surface area contributed by atoms with Crippen molar-refractivity contribution in [3.05, 3.63) is 46.9 Å². The molecule has 0 aliphatic carbocycles. The fraction of sp³-hybridized carbons (Fsp3) is 0.375. The predicted octanol–water partition coefficient (Wildman–Crippen LogP) is 5.14. The molecule has 0 spiro atoms. The van der Waals surface area contributed by atoms with Crippen LogP contribution in [0.25, 0.3) is 11.3 Å². The summed E-state index contributed by atoms with van der Waals surface area (Å²) >= 11 is 8.12. The van der Waals surface area contributed by atoms with Crippen molar-refractivity contribution in [3.63, 3.8) is 0 Å². The molecular formula is C16H19ClN2S. The Labute approximate surface area is 130 Å². The third-order valence-corrected chi connectivity index (χ3v) is 4.95. The van der Waals surface area contributed by atoms with Crippen molar-refractivity contribution in [3.8, 4) is 11.3 Å². The number of nitrogens with zero attached hydrogens (tertiary/aromatic N) is 2. The first-order chi connectivity index (χ1) is 9.61. The molecule has 1 aromatic carbocycles. The summed E-state index contributed by atoms with van der Waals surface area (Å²) in [5.74, 6) is 1.61. The highest BCUT2D eigenvalue weighted by Crippen LogP contribution is 2.27. The van der Waals surface area contributed by atoms with Crippen LogP contribution in [0.1, 0.15) is 31.7 Å². The highest BCUT2D eigenvalue weighted by atomic mass is 35.5. The van der Waals surface area contributed by atoms with Gasteiger partial charge in [-0.05, 0) is 13.3 Å². The van der Waals surface area contributed by atoms with Gasteiger partial charge in [-0.25, -0.2) is 9.97 Å². The van der Waals surface area contributed by atoms with Crippen molar-refractivity contribution in [2.75, 3.05) is 0 Å². The average molecular weight is 307 g/mol. The molecule has 0 saturated carbocycles. The Morgan fingerprint density at radius 1 is 1.20 bits per heavy atom. The zero-order valence-electron chi connectivity index (χ0n) is 12.1. The fourth-order valence-electron chi connectivity index (χ4n) is 1.81. The molecule has 0 fully saturated rings. The molecule has 1 atom stereocenters. The van der Waals surface area contributed by atoms with Gasteiger partial charge in [0.1, 0.15) is 11.0 Å². The number of halogens is 1. The van der Waals surface area contributed by atoms with Gasteiger partial charge in [-0.1, -0.05) is 55.8 Å². The van der Waals surface area contributed by atoms with Gasteiger partial charge in [-0.15, -0.1) is 0 Å². The molecule has 20 heavy (non-hydrogen) atoms. The van der Waals surface area contributed by atoms with Crippen molar-refractivity contribution in [2.24, 2.45) is 0 Å². The second-order valence-electron chi connectivity index (χ2n) is 4.80. The zero-order chi connectivity index (χ0) is 14.5. The van der Waals surface area contributed by atoms with Gasteiger partial charge in [0, 0.05) is 16.4 Å². The Morgan fingerprint density at radius 3 is 2.55 bits per heavy atom. The maximum absolute atomic E-state index is 6.26. The van der Waals surface area contributed by atoms with E-state index in [2.05, 4.69) is 31.0 Å². The normalized spacial score (nSPS) is 12.4. The van der Waals surface area contributed by atoms with Gasteiger partial charge in [0.2, 0.25) is 0 Å². The van der Waals surface area contributed by atoms with Crippen LogP contribution in [0, 0.1) is 6.92 Å². The van der Waals surface area contributed by atoms with Crippen LogP contribution in [0.3, 0.4) is 0 Å². The highest BCUT2D eigenvalue weighted by molar-refractivity contribution is 7.99. The van der Waals surface area contributed by atoms with E-state index in [1.54, 1.807) is 0 Å². The molecule has 0 aliphatic heterocycles. The zero-order valence-corrected chi connectivity index (χ0v) is 13.6. The first-order valence-electron chi connectivity index (χ1n) is 6.81. The minimum absolute atomic E-state index is 0.554. The standard InChI is InChI=1S/C16H19ClN2S/c1-4-11(2)20-10-14-18-15(12(3)16(17)19-14)13-8-6-5-7-9-13/h5-9,11H,4,10H2,1-3H3. The lowest BCUT2D eigenvalue weighted by Crippen LogP contribution is -2.02. The van der Waals surface area contributed by atoms with Gasteiger partial charge in [0.25, 0.3) is 0 Å². The van der Waals surface area contributed by atoms with E-state index in [1.807, 2.05) is 36.9 Å². The van der Waals surface area contributed by atoms with Crippen LogP contribution in [0.4, 0.5) is 0 Å². The molecular weight excluding hydrogens is 288 g/mol. The SMILES string of the molecule is CCC(C)SCc1nc(Cl)c(C)c(-c2ccccc2)n1. The first-order valence-corrected chi connectivity index (χ1v) is 8.24. The summed E-state index contributed by atoms with van der Waals surface area (Å²) in [6.45, 7) is 6.38. The highest BCUT2D eigenvalue weighted by Gasteiger charge is 2.12. The largest absolute Gasteiger partial charge is 0.232 e. The van der Waals surface area contributed by atoms with Gasteiger partial charge >= 0.3 is 0 Å². The lowest BCUT2D eigenvalue weighted by Gasteiger charge is -2.11. The number of hydrogen-bond acceptors (Lipinski definition) is 3. The first kappa shape index (κ1) is 15.3. The van der Waals surface area contributed by atoms with Crippen molar-refractivity contribution >= 4 is 23.4 Å². The molecule has 0 bridgehead atoms. The Bertz CT molecular complexity index is 572. The van der Waals surface area contributed by atoms with Crippen LogP contribution in [0.2, 0.25) is 5.15 Å². The summed E-state index contributed by atoms with van der Waals surface area (Å²) in [6, 6.07) is 10.1. The Kier molecular flexibility index (Phi) is 5.44. The van der Waals surface area contributed by atoms with E-state index >= 15 is 0 Å². The lowest BCUT2D eigenvalue weighted by molar-refractivity contribution is 0.900. The molecule has 1 aromatic heterocycles. The topological polar surface area (TPSA) is 25.8 Å². The molecule has 106 valence electrons. The number of hydrogen-bond donors (Lipinski definition) is 0. The predicted molar refractivity (Wildman–Crippen MR) is 88.3 cm³/mol. The van der Waals surface area contributed by atoms with Crippen LogP contribution in [-0.4, -0.2) is 15.2 Å². The maximum atomic E-state index is 6.26. The quantitative estimate of drug-likeness (QED) is 0.716. The molecule has 0 aliphatic rings. The summed E-state index contributed by atoms with van der Waals surface area (Å²) in [7, 11) is 0. The smallest absolute Gasteiger partial charge is 0.140 e. The van der Waals surface area contributed by atoms with Crippen LogP contribution in [-0.2, 0) is 5.75 Å². The van der Waals surface area contributed by atoms with E-state index in [-0.39, 0.29) is 0 Å². The number of aromatic nitrogens is 2. The summed E-state index contributed by atoms with van der Waals surface area (Å²) < 4.78 is 0. The molecule has 2 aromatic rings. The average Bonchev–Trinajstić information content (AvgIpc) is 2.48. The van der Waals surface area contributed by atoms with E-state index in [1.165, 1.54) is 0 Å². The van der Waals surface area contributed by atoms with Crippen LogP contribution >= 0.6 is 23.4 Å². The van der Waals surface area contributed by atoms with Gasteiger partial charge in [0.15, 0.2) is 0 Å². The molecule has 2 nitrogen and oxygen atoms in total. The van der Waals surface area contributed by atoms with E-state index < -0.39 is 0 Å². The molecule has 4 heteroatoms. The van der Waals surface area contributed by atoms with Gasteiger partial charge < -0.3 is 0 Å². The van der Waals surface area contributed by atoms with E-state index in [9.17, 15) is 0 Å². The molecule has 0 radical (unpaired) electrons. The summed E-state index contributed by atoms with van der Waals surface area (Å²) in [4.78, 5) is 9.09. The number of rotatable bonds is 5. The van der Waals surface area contributed by atoms with Crippen LogP contribution < -0.4 is 0 Å². The fourth-order valence-corrected chi connectivity index (χ4v) is 2.79. The van der Waals surface area contributed by atoms with Crippen molar-refractivity contribution in [1.29, 1.82) is 0 Å². The van der Waals surface area contributed by atoms with Gasteiger partial charge in [-0.2, -0.15) is 11.8 Å². The Balaban J connectivity index is 2.31. The molecule has 0 amide bonds. The van der Waals surface area contributed by atoms with Crippen molar-refractivity contribution < 1.29 is 0 Å². The molecule has 0 saturated heterocycles. The second-order valence-corrected chi connectivity index (χ2v) is 6.58. The lowest BCUT2D eigenvalue weighted by atomic mass is 10.1. The molecule has 1 unspecified atom stereocenters. The van der Waals surface area contributed by atoms with E-state index in [0.29, 0.717) is 10.4 Å². The summed E-state index contributed by atoms with van der Waals surface area (Å²) in [5, 5.41) is 1.16. The third-order valence-electron chi connectivity index (χ3n) is 3.25. The molecule has 2 rings (SSSR count). The Morgan fingerprint density at radius 2 is 1.90 bits per heavy atom. The second kappa shape index (κ2) is 7.09. The molecule has 1 heterocycles. The van der Waals surface area contributed by atoms with Gasteiger partial charge in [0.05, 0.1) is 11.4 Å². The third kappa shape index (κ3) is 3.74. The number of benzene rings is 1. The van der Waals surface area contributed by atoms with Crippen LogP contribution in [0.15, 0.2) is 30.3 Å². The molecule has 0 N–H and O–H groups in total. The van der Waals surface area contributed by atoms with Crippen molar-refractivity contribution in [2.45, 2.75) is 38.2 Å². The Hall–Kier alpha value is -1.06. The monoisotopic (exact) mass is 306 g/mol. The van der Waals surface area contributed by atoms with Gasteiger partial charge in [-0.3, -0.25) is 0 Å². The summed E-state index contributed by atoms with van der Waals surface area (Å²) in [5.41, 5.74) is 2.96. The van der Waals surface area contributed by atoms with Crippen LogP contribution in [0.5, 0.6) is 0 Å². The van der Waals surface area contributed by atoms with E-state index in [4.69, 9.17) is 16.6 Å². The summed E-state index contributed by atoms with van der Waals surface area (Å²) in [6.07, 6.45) is 1.15. The minimum Gasteiger partial charge on any atom is -0.232 e.